The molecule has 0 spiro atoms. The van der Waals surface area contributed by atoms with E-state index in [2.05, 4.69) is 26.6 Å². The zero-order chi connectivity index (χ0) is 17.5. The summed E-state index contributed by atoms with van der Waals surface area (Å²) in [5.41, 5.74) is 1.88. The van der Waals surface area contributed by atoms with Gasteiger partial charge in [-0.05, 0) is 42.0 Å². The predicted octanol–water partition coefficient (Wildman–Crippen LogP) is 4.42. The third-order valence-electron chi connectivity index (χ3n) is 2.99. The van der Waals surface area contributed by atoms with E-state index < -0.39 is 0 Å². The Morgan fingerprint density at radius 1 is 1.08 bits per heavy atom. The van der Waals surface area contributed by atoms with Gasteiger partial charge in [-0.25, -0.2) is 4.39 Å². The van der Waals surface area contributed by atoms with Gasteiger partial charge in [-0.3, -0.25) is 9.59 Å². The Balaban J connectivity index is 1.79. The van der Waals surface area contributed by atoms with Crippen LogP contribution in [0.1, 0.15) is 12.5 Å². The first-order chi connectivity index (χ1) is 11.4. The van der Waals surface area contributed by atoms with Gasteiger partial charge in [0, 0.05) is 28.5 Å². The van der Waals surface area contributed by atoms with E-state index >= 15 is 0 Å². The maximum atomic E-state index is 13.7. The fraction of sp³-hybridized carbons (Fsp3) is 0.176. The monoisotopic (exact) mass is 410 g/mol. The molecule has 0 saturated carbocycles. The first-order valence-corrected chi connectivity index (χ1v) is 9.08. The summed E-state index contributed by atoms with van der Waals surface area (Å²) in [5, 5.41) is 5.41. The summed E-state index contributed by atoms with van der Waals surface area (Å²) in [6.07, 6.45) is 0. The van der Waals surface area contributed by atoms with Crippen molar-refractivity contribution in [2.75, 3.05) is 16.4 Å². The van der Waals surface area contributed by atoms with Gasteiger partial charge in [0.2, 0.25) is 11.8 Å². The van der Waals surface area contributed by atoms with Gasteiger partial charge in [-0.2, -0.15) is 0 Å². The molecular formula is C17H16BrFN2O2S. The molecule has 2 rings (SSSR count). The van der Waals surface area contributed by atoms with Gasteiger partial charge < -0.3 is 10.6 Å². The molecule has 0 fully saturated rings. The van der Waals surface area contributed by atoms with Gasteiger partial charge in [0.15, 0.2) is 0 Å². The van der Waals surface area contributed by atoms with Gasteiger partial charge in [0.25, 0.3) is 0 Å². The molecule has 0 heterocycles. The number of benzene rings is 2. The standard InChI is InChI=1S/C17H16BrFN2O2S/c1-11(22)20-14-4-6-15(7-5-14)21-17(23)10-24-9-12-2-3-13(18)8-16(12)19/h2-8H,9-10H2,1H3,(H,20,22)(H,21,23). The van der Waals surface area contributed by atoms with Crippen molar-refractivity contribution in [1.29, 1.82) is 0 Å². The Morgan fingerprint density at radius 3 is 2.29 bits per heavy atom. The minimum atomic E-state index is -0.286. The second-order valence-electron chi connectivity index (χ2n) is 5.04. The molecule has 4 nitrogen and oxygen atoms in total. The number of nitrogens with one attached hydrogen (secondary N) is 2. The molecule has 0 aliphatic carbocycles. The number of halogens is 2. The van der Waals surface area contributed by atoms with Crippen LogP contribution in [-0.4, -0.2) is 17.6 Å². The third kappa shape index (κ3) is 5.98. The van der Waals surface area contributed by atoms with Crippen LogP contribution >= 0.6 is 27.7 Å². The molecule has 0 saturated heterocycles. The SMILES string of the molecule is CC(=O)Nc1ccc(NC(=O)CSCc2ccc(Br)cc2F)cc1. The largest absolute Gasteiger partial charge is 0.326 e. The van der Waals surface area contributed by atoms with Crippen LogP contribution in [0.3, 0.4) is 0 Å². The first kappa shape index (κ1) is 18.5. The van der Waals surface area contributed by atoms with E-state index in [-0.39, 0.29) is 23.4 Å². The normalized spacial score (nSPS) is 10.3. The summed E-state index contributed by atoms with van der Waals surface area (Å²) in [7, 11) is 0. The fourth-order valence-corrected chi connectivity index (χ4v) is 3.08. The van der Waals surface area contributed by atoms with Gasteiger partial charge in [-0.15, -0.1) is 11.8 Å². The van der Waals surface area contributed by atoms with Crippen LogP contribution < -0.4 is 10.6 Å². The van der Waals surface area contributed by atoms with E-state index in [1.807, 2.05) is 0 Å². The molecule has 0 unspecified atom stereocenters. The quantitative estimate of drug-likeness (QED) is 0.740. The third-order valence-corrected chi connectivity index (χ3v) is 4.47. The number of carbonyl (C=O) groups is 2. The highest BCUT2D eigenvalue weighted by molar-refractivity contribution is 9.10. The van der Waals surface area contributed by atoms with Crippen LogP contribution in [0, 0.1) is 5.82 Å². The maximum absolute atomic E-state index is 13.7. The Labute approximate surface area is 152 Å². The van der Waals surface area contributed by atoms with E-state index in [1.165, 1.54) is 24.8 Å². The summed E-state index contributed by atoms with van der Waals surface area (Å²) in [4.78, 5) is 22.8. The molecule has 0 aliphatic rings. The van der Waals surface area contributed by atoms with Crippen molar-refractivity contribution in [2.45, 2.75) is 12.7 Å². The van der Waals surface area contributed by atoms with Crippen molar-refractivity contribution in [3.63, 3.8) is 0 Å². The van der Waals surface area contributed by atoms with E-state index in [9.17, 15) is 14.0 Å². The molecular weight excluding hydrogens is 395 g/mol. The van der Waals surface area contributed by atoms with Crippen LogP contribution in [0.25, 0.3) is 0 Å². The molecule has 0 atom stereocenters. The molecule has 0 bridgehead atoms. The van der Waals surface area contributed by atoms with E-state index in [0.29, 0.717) is 27.2 Å². The summed E-state index contributed by atoms with van der Waals surface area (Å²) in [5.74, 6) is 0.0516. The van der Waals surface area contributed by atoms with Crippen LogP contribution in [0.2, 0.25) is 0 Å². The van der Waals surface area contributed by atoms with Crippen LogP contribution in [0.5, 0.6) is 0 Å². The zero-order valence-corrected chi connectivity index (χ0v) is 15.3. The molecule has 126 valence electrons. The number of thioether (sulfide) groups is 1. The average molecular weight is 411 g/mol. The molecule has 2 aromatic rings. The number of amides is 2. The smallest absolute Gasteiger partial charge is 0.234 e. The van der Waals surface area contributed by atoms with Crippen LogP contribution in [-0.2, 0) is 15.3 Å². The minimum Gasteiger partial charge on any atom is -0.326 e. The molecule has 2 amide bonds. The Bertz CT molecular complexity index is 738. The average Bonchev–Trinajstić information content (AvgIpc) is 2.51. The number of rotatable bonds is 6. The summed E-state index contributed by atoms with van der Waals surface area (Å²) in [6.45, 7) is 1.43. The lowest BCUT2D eigenvalue weighted by Gasteiger charge is -2.07. The molecule has 7 heteroatoms. The molecule has 0 aliphatic heterocycles. The number of hydrogen-bond acceptors (Lipinski definition) is 3. The summed E-state index contributed by atoms with van der Waals surface area (Å²) < 4.78 is 14.4. The molecule has 0 aromatic heterocycles. The molecule has 0 radical (unpaired) electrons. The van der Waals surface area contributed by atoms with Crippen molar-refractivity contribution in [1.82, 2.24) is 0 Å². The van der Waals surface area contributed by atoms with Crippen molar-refractivity contribution in [3.8, 4) is 0 Å². The topological polar surface area (TPSA) is 58.2 Å². The lowest BCUT2D eigenvalue weighted by molar-refractivity contribution is -0.114. The van der Waals surface area contributed by atoms with E-state index in [1.54, 1.807) is 36.4 Å². The van der Waals surface area contributed by atoms with Crippen molar-refractivity contribution in [3.05, 3.63) is 58.3 Å². The predicted molar refractivity (Wildman–Crippen MR) is 99.6 cm³/mol. The summed E-state index contributed by atoms with van der Waals surface area (Å²) >= 11 is 4.55. The fourth-order valence-electron chi connectivity index (χ4n) is 1.93. The van der Waals surface area contributed by atoms with Crippen molar-refractivity contribution < 1.29 is 14.0 Å². The van der Waals surface area contributed by atoms with Crippen LogP contribution in [0.4, 0.5) is 15.8 Å². The highest BCUT2D eigenvalue weighted by Gasteiger charge is 2.06. The lowest BCUT2D eigenvalue weighted by Crippen LogP contribution is -2.14. The molecule has 24 heavy (non-hydrogen) atoms. The van der Waals surface area contributed by atoms with Gasteiger partial charge in [0.1, 0.15) is 5.82 Å². The number of hydrogen-bond donors (Lipinski definition) is 2. The zero-order valence-electron chi connectivity index (χ0n) is 12.9. The number of anilines is 2. The molecule has 2 aromatic carbocycles. The number of carbonyl (C=O) groups excluding carboxylic acids is 2. The van der Waals surface area contributed by atoms with E-state index in [4.69, 9.17) is 0 Å². The highest BCUT2D eigenvalue weighted by atomic mass is 79.9. The van der Waals surface area contributed by atoms with Gasteiger partial charge in [0.05, 0.1) is 5.75 Å². The van der Waals surface area contributed by atoms with Gasteiger partial charge >= 0.3 is 0 Å². The Morgan fingerprint density at radius 2 is 1.71 bits per heavy atom. The first-order valence-electron chi connectivity index (χ1n) is 7.13. The van der Waals surface area contributed by atoms with Crippen molar-refractivity contribution >= 4 is 50.9 Å². The molecule has 2 N–H and O–H groups in total. The van der Waals surface area contributed by atoms with Gasteiger partial charge in [-0.1, -0.05) is 22.0 Å². The van der Waals surface area contributed by atoms with Crippen molar-refractivity contribution in [2.24, 2.45) is 0 Å². The Hall–Kier alpha value is -1.86. The lowest BCUT2D eigenvalue weighted by atomic mass is 10.2. The maximum Gasteiger partial charge on any atom is 0.234 e. The van der Waals surface area contributed by atoms with Crippen LogP contribution in [0.15, 0.2) is 46.9 Å². The summed E-state index contributed by atoms with van der Waals surface area (Å²) in [6, 6.07) is 11.7. The second-order valence-corrected chi connectivity index (χ2v) is 6.94. The second kappa shape index (κ2) is 8.84. The highest BCUT2D eigenvalue weighted by Crippen LogP contribution is 2.20. The van der Waals surface area contributed by atoms with E-state index in [0.717, 1.165) is 0 Å². The Kier molecular flexibility index (Phi) is 6.81. The minimum absolute atomic E-state index is 0.150.